The van der Waals surface area contributed by atoms with Crippen molar-refractivity contribution in [2.45, 2.75) is 12.1 Å². The van der Waals surface area contributed by atoms with Crippen LogP contribution in [0.25, 0.3) is 0 Å². The highest BCUT2D eigenvalue weighted by Gasteiger charge is 2.83. The van der Waals surface area contributed by atoms with Crippen molar-refractivity contribution in [3.05, 3.63) is 18.0 Å². The molecule has 60 valence electrons. The third-order valence-electron chi connectivity index (χ3n) is 3.31. The van der Waals surface area contributed by atoms with Crippen LogP contribution >= 0.6 is 0 Å². The topological polar surface area (TPSA) is 46.3 Å². The fourth-order valence-corrected chi connectivity index (χ4v) is 2.72. The maximum atomic E-state index is 11.2. The van der Waals surface area contributed by atoms with Crippen LogP contribution in [0.1, 0.15) is 11.8 Å². The summed E-state index contributed by atoms with van der Waals surface area (Å²) in [7, 11) is 0. The average Bonchev–Trinajstić information content (AvgIpc) is 2.42. The van der Waals surface area contributed by atoms with Gasteiger partial charge < -0.3 is 9.42 Å². The van der Waals surface area contributed by atoms with E-state index >= 15 is 0 Å². The van der Waals surface area contributed by atoms with Crippen molar-refractivity contribution in [3.8, 4) is 0 Å². The molecule has 1 aromatic rings. The molecule has 4 atom stereocenters. The van der Waals surface area contributed by atoms with E-state index in [4.69, 9.17) is 4.52 Å². The van der Waals surface area contributed by atoms with Crippen molar-refractivity contribution in [2.75, 3.05) is 0 Å². The first-order valence-electron chi connectivity index (χ1n) is 4.12. The van der Waals surface area contributed by atoms with Crippen molar-refractivity contribution in [2.24, 2.45) is 11.8 Å². The Morgan fingerprint density at radius 2 is 2.50 bits per heavy atom. The van der Waals surface area contributed by atoms with E-state index in [0.717, 1.165) is 5.76 Å². The Hall–Kier alpha value is -1.32. The second-order valence-electron chi connectivity index (χ2n) is 3.70. The molecule has 3 unspecified atom stereocenters. The average molecular weight is 162 g/mol. The third kappa shape index (κ3) is 0.325. The van der Waals surface area contributed by atoms with Crippen molar-refractivity contribution < 1.29 is 9.32 Å². The summed E-state index contributed by atoms with van der Waals surface area (Å²) < 4.78 is 5.04. The summed E-state index contributed by atoms with van der Waals surface area (Å²) >= 11 is 0. The molecule has 2 aliphatic heterocycles. The predicted molar refractivity (Wildman–Crippen MR) is 36.9 cm³/mol. The summed E-state index contributed by atoms with van der Waals surface area (Å²) in [5, 5.41) is 3.64. The van der Waals surface area contributed by atoms with Crippen LogP contribution in [-0.2, 0) is 4.79 Å². The molecule has 0 radical (unpaired) electrons. The van der Waals surface area contributed by atoms with Gasteiger partial charge in [0.15, 0.2) is 5.76 Å². The van der Waals surface area contributed by atoms with E-state index in [0.29, 0.717) is 23.8 Å². The first-order valence-corrected chi connectivity index (χ1v) is 4.12. The number of nitrogens with zero attached hydrogens (tertiary/aromatic N) is 2. The van der Waals surface area contributed by atoms with Crippen molar-refractivity contribution in [1.29, 1.82) is 0 Å². The largest absolute Gasteiger partial charge is 0.359 e. The normalized spacial score (nSPS) is 46.3. The molecule has 0 N–H and O–H groups in total. The van der Waals surface area contributed by atoms with E-state index in [-0.39, 0.29) is 6.04 Å². The lowest BCUT2D eigenvalue weighted by atomic mass is 10.0. The number of β-lactam (4-membered cyclic amide) rings is 1. The molecule has 2 saturated heterocycles. The van der Waals surface area contributed by atoms with E-state index < -0.39 is 0 Å². The highest BCUT2D eigenvalue weighted by Crippen LogP contribution is 2.72. The molecular weight excluding hydrogens is 156 g/mol. The molecule has 1 saturated carbocycles. The zero-order valence-corrected chi connectivity index (χ0v) is 6.18. The second-order valence-corrected chi connectivity index (χ2v) is 3.70. The highest BCUT2D eigenvalue weighted by molar-refractivity contribution is 5.96. The fraction of sp³-hybridized carbons (Fsp3) is 0.500. The van der Waals surface area contributed by atoms with Gasteiger partial charge in [-0.1, -0.05) is 5.16 Å². The van der Waals surface area contributed by atoms with Gasteiger partial charge in [0, 0.05) is 12.0 Å². The summed E-state index contributed by atoms with van der Waals surface area (Å²) in [5.41, 5.74) is 0. The molecule has 4 nitrogen and oxygen atoms in total. The summed E-state index contributed by atoms with van der Waals surface area (Å²) in [5.74, 6) is 2.07. The Bertz CT molecular complexity index is 372. The van der Waals surface area contributed by atoms with Crippen molar-refractivity contribution in [3.63, 3.8) is 0 Å². The Morgan fingerprint density at radius 3 is 3.00 bits per heavy atom. The number of hydrogen-bond acceptors (Lipinski definition) is 3. The number of hydrogen-bond donors (Lipinski definition) is 0. The van der Waals surface area contributed by atoms with Gasteiger partial charge in [-0.15, -0.1) is 0 Å². The van der Waals surface area contributed by atoms with E-state index in [1.807, 2.05) is 11.0 Å². The molecule has 3 heterocycles. The van der Waals surface area contributed by atoms with Crippen LogP contribution in [-0.4, -0.2) is 22.0 Å². The zero-order chi connectivity index (χ0) is 7.87. The van der Waals surface area contributed by atoms with Crippen LogP contribution in [0.15, 0.2) is 16.8 Å². The molecular formula is C8H6N2O2. The molecule has 1 amide bonds. The number of carbonyl (C=O) groups excluding carboxylic acids is 1. The number of carbonyl (C=O) groups is 1. The zero-order valence-electron chi connectivity index (χ0n) is 6.18. The van der Waals surface area contributed by atoms with Gasteiger partial charge in [-0.05, 0) is 0 Å². The van der Waals surface area contributed by atoms with Gasteiger partial charge in [-0.25, -0.2) is 0 Å². The minimum atomic E-state index is 0.231. The van der Waals surface area contributed by atoms with Crippen LogP contribution in [0.2, 0.25) is 0 Å². The van der Waals surface area contributed by atoms with E-state index in [1.165, 1.54) is 0 Å². The lowest BCUT2D eigenvalue weighted by Crippen LogP contribution is -2.50. The van der Waals surface area contributed by atoms with E-state index in [9.17, 15) is 4.79 Å². The minimum Gasteiger partial charge on any atom is -0.359 e. The number of fused-ring (bicyclic) bond motifs is 1. The van der Waals surface area contributed by atoms with Crippen LogP contribution < -0.4 is 0 Å². The lowest BCUT2D eigenvalue weighted by Gasteiger charge is -2.39. The van der Waals surface area contributed by atoms with Gasteiger partial charge in [0.2, 0.25) is 5.91 Å². The maximum absolute atomic E-state index is 11.2. The van der Waals surface area contributed by atoms with Gasteiger partial charge in [-0.3, -0.25) is 4.79 Å². The maximum Gasteiger partial charge on any atom is 0.229 e. The monoisotopic (exact) mass is 162 g/mol. The number of piperidine rings is 1. The molecule has 0 aromatic carbocycles. The van der Waals surface area contributed by atoms with Gasteiger partial charge in [-0.2, -0.15) is 0 Å². The van der Waals surface area contributed by atoms with Crippen LogP contribution in [0, 0.1) is 11.8 Å². The molecule has 4 rings (SSSR count). The number of aromatic nitrogens is 1. The van der Waals surface area contributed by atoms with Gasteiger partial charge in [0.1, 0.15) is 0 Å². The SMILES string of the molecule is O=C1C2C3C2N1[C@H]3c1ccno1. The standard InChI is InChI=1S/C8H6N2O2/c11-8-5-4-6(10(8)7(4)5)3-1-2-9-12-3/h1-2,4-7H/t4?,5?,6-,7?/m0/s1. The van der Waals surface area contributed by atoms with Crippen LogP contribution in [0.5, 0.6) is 0 Å². The molecule has 1 aliphatic carbocycles. The van der Waals surface area contributed by atoms with E-state index in [1.54, 1.807) is 6.20 Å². The second kappa shape index (κ2) is 1.30. The predicted octanol–water partition coefficient (Wildman–Crippen LogP) is 0.186. The highest BCUT2D eigenvalue weighted by atomic mass is 16.5. The molecule has 12 heavy (non-hydrogen) atoms. The third-order valence-corrected chi connectivity index (χ3v) is 3.31. The van der Waals surface area contributed by atoms with Gasteiger partial charge in [0.05, 0.1) is 24.2 Å². The van der Waals surface area contributed by atoms with Crippen molar-refractivity contribution >= 4 is 5.91 Å². The minimum absolute atomic E-state index is 0.231. The Morgan fingerprint density at radius 1 is 1.58 bits per heavy atom. The molecule has 4 heteroatoms. The smallest absolute Gasteiger partial charge is 0.229 e. The van der Waals surface area contributed by atoms with Crippen LogP contribution in [0.3, 0.4) is 0 Å². The first-order chi connectivity index (χ1) is 5.89. The number of amides is 1. The summed E-state index contributed by atoms with van der Waals surface area (Å²) in [6.07, 6.45) is 1.63. The van der Waals surface area contributed by atoms with Gasteiger partial charge in [0.25, 0.3) is 0 Å². The number of rotatable bonds is 1. The molecule has 0 bridgehead atoms. The van der Waals surface area contributed by atoms with Crippen LogP contribution in [0.4, 0.5) is 0 Å². The Labute approximate surface area is 68.1 Å². The van der Waals surface area contributed by atoms with Gasteiger partial charge >= 0.3 is 0 Å². The lowest BCUT2D eigenvalue weighted by molar-refractivity contribution is -0.145. The summed E-state index contributed by atoms with van der Waals surface area (Å²) in [4.78, 5) is 13.1. The Kier molecular flexibility index (Phi) is 0.580. The quantitative estimate of drug-likeness (QED) is 0.553. The summed E-state index contributed by atoms with van der Waals surface area (Å²) in [6, 6.07) is 2.66. The molecule has 3 fully saturated rings. The first kappa shape index (κ1) is 5.35. The fourth-order valence-electron chi connectivity index (χ4n) is 2.72. The summed E-state index contributed by atoms with van der Waals surface area (Å²) in [6.45, 7) is 0. The van der Waals surface area contributed by atoms with E-state index in [2.05, 4.69) is 5.16 Å². The molecule has 3 aliphatic rings. The molecule has 0 spiro atoms. The Balaban J connectivity index is 1.78. The van der Waals surface area contributed by atoms with Crippen molar-refractivity contribution in [1.82, 2.24) is 10.1 Å². The molecule has 1 aromatic heterocycles.